The molecule has 0 bridgehead atoms. The van der Waals surface area contributed by atoms with Crippen LogP contribution in [0.3, 0.4) is 0 Å². The van der Waals surface area contributed by atoms with Crippen LogP contribution in [-0.4, -0.2) is 36.9 Å². The first-order valence-corrected chi connectivity index (χ1v) is 9.79. The Morgan fingerprint density at radius 1 is 1.11 bits per heavy atom. The van der Waals surface area contributed by atoms with Gasteiger partial charge in [-0.3, -0.25) is 9.59 Å². The molecule has 0 heterocycles. The predicted molar refractivity (Wildman–Crippen MR) is 111 cm³/mol. The number of hydrogen-bond acceptors (Lipinski definition) is 3. The van der Waals surface area contributed by atoms with Crippen LogP contribution < -0.4 is 10.1 Å². The van der Waals surface area contributed by atoms with Crippen molar-refractivity contribution in [2.24, 2.45) is 0 Å². The lowest BCUT2D eigenvalue weighted by molar-refractivity contribution is -0.116. The Kier molecular flexibility index (Phi) is 7.85. The summed E-state index contributed by atoms with van der Waals surface area (Å²) in [5.41, 5.74) is 2.26. The molecule has 0 spiro atoms. The van der Waals surface area contributed by atoms with Crippen LogP contribution >= 0.6 is 15.9 Å². The van der Waals surface area contributed by atoms with E-state index >= 15 is 0 Å². The SMILES string of the molecule is CCN(CC)C(=O)c1cccc(NC(=O)CCc2ccc(OC)c(Br)c2)c1. The number of amides is 2. The predicted octanol–water partition coefficient (Wildman–Crippen LogP) is 4.51. The molecule has 0 atom stereocenters. The molecule has 0 unspecified atom stereocenters. The highest BCUT2D eigenvalue weighted by molar-refractivity contribution is 9.10. The molecule has 0 aliphatic rings. The molecule has 2 aromatic carbocycles. The number of nitrogens with zero attached hydrogens (tertiary/aromatic N) is 1. The molecule has 0 aliphatic heterocycles. The van der Waals surface area contributed by atoms with Gasteiger partial charge in [0.1, 0.15) is 5.75 Å². The third kappa shape index (κ3) is 5.82. The summed E-state index contributed by atoms with van der Waals surface area (Å²) in [6.07, 6.45) is 0.972. The van der Waals surface area contributed by atoms with Crippen molar-refractivity contribution < 1.29 is 14.3 Å². The molecule has 144 valence electrons. The van der Waals surface area contributed by atoms with E-state index in [9.17, 15) is 9.59 Å². The highest BCUT2D eigenvalue weighted by Gasteiger charge is 2.13. The summed E-state index contributed by atoms with van der Waals surface area (Å²) in [6.45, 7) is 5.21. The summed E-state index contributed by atoms with van der Waals surface area (Å²) in [7, 11) is 1.62. The molecule has 6 heteroatoms. The van der Waals surface area contributed by atoms with Crippen LogP contribution in [0, 0.1) is 0 Å². The van der Waals surface area contributed by atoms with Crippen molar-refractivity contribution in [3.05, 3.63) is 58.1 Å². The number of anilines is 1. The van der Waals surface area contributed by atoms with E-state index in [0.29, 0.717) is 37.2 Å². The van der Waals surface area contributed by atoms with Crippen molar-refractivity contribution in [1.29, 1.82) is 0 Å². The van der Waals surface area contributed by atoms with Gasteiger partial charge in [-0.25, -0.2) is 0 Å². The van der Waals surface area contributed by atoms with Crippen molar-refractivity contribution in [3.63, 3.8) is 0 Å². The van der Waals surface area contributed by atoms with Gasteiger partial charge in [0.2, 0.25) is 5.91 Å². The molecular formula is C21H25BrN2O3. The number of methoxy groups -OCH3 is 1. The van der Waals surface area contributed by atoms with Crippen LogP contribution in [0.4, 0.5) is 5.69 Å². The maximum absolute atomic E-state index is 12.4. The Morgan fingerprint density at radius 3 is 2.48 bits per heavy atom. The minimum atomic E-state index is -0.0885. The van der Waals surface area contributed by atoms with E-state index in [1.165, 1.54) is 0 Å². The molecule has 0 aromatic heterocycles. The highest BCUT2D eigenvalue weighted by atomic mass is 79.9. The molecule has 2 aromatic rings. The van der Waals surface area contributed by atoms with Crippen LogP contribution in [0.2, 0.25) is 0 Å². The zero-order chi connectivity index (χ0) is 19.8. The van der Waals surface area contributed by atoms with Crippen LogP contribution in [0.1, 0.15) is 36.2 Å². The van der Waals surface area contributed by atoms with Crippen molar-refractivity contribution in [1.82, 2.24) is 4.90 Å². The number of hydrogen-bond donors (Lipinski definition) is 1. The van der Waals surface area contributed by atoms with Gasteiger partial charge in [0, 0.05) is 30.8 Å². The summed E-state index contributed by atoms with van der Waals surface area (Å²) >= 11 is 3.45. The number of rotatable bonds is 8. The summed E-state index contributed by atoms with van der Waals surface area (Å²) in [4.78, 5) is 26.5. The summed E-state index contributed by atoms with van der Waals surface area (Å²) in [5.74, 6) is 0.645. The van der Waals surface area contributed by atoms with Crippen molar-refractivity contribution in [2.45, 2.75) is 26.7 Å². The maximum atomic E-state index is 12.4. The Hall–Kier alpha value is -2.34. The van der Waals surface area contributed by atoms with Gasteiger partial charge in [0.15, 0.2) is 0 Å². The standard InChI is InChI=1S/C21H25BrN2O3/c1-4-24(5-2)21(26)16-7-6-8-17(14-16)23-20(25)12-10-15-9-11-19(27-3)18(22)13-15/h6-9,11,13-14H,4-5,10,12H2,1-3H3,(H,23,25). The van der Waals surface area contributed by atoms with E-state index in [1.807, 2.05) is 32.0 Å². The second-order valence-corrected chi connectivity index (χ2v) is 6.93. The van der Waals surface area contributed by atoms with Crippen molar-refractivity contribution in [2.75, 3.05) is 25.5 Å². The molecule has 27 heavy (non-hydrogen) atoms. The van der Waals surface area contributed by atoms with E-state index in [0.717, 1.165) is 15.8 Å². The molecule has 0 fully saturated rings. The van der Waals surface area contributed by atoms with Gasteiger partial charge in [0.25, 0.3) is 5.91 Å². The number of carbonyl (C=O) groups is 2. The van der Waals surface area contributed by atoms with Gasteiger partial charge in [-0.1, -0.05) is 12.1 Å². The summed E-state index contributed by atoms with van der Waals surface area (Å²) in [5, 5.41) is 2.87. The third-order valence-electron chi connectivity index (χ3n) is 4.30. The van der Waals surface area contributed by atoms with E-state index in [2.05, 4.69) is 21.2 Å². The number of halogens is 1. The zero-order valence-electron chi connectivity index (χ0n) is 15.9. The van der Waals surface area contributed by atoms with Crippen molar-refractivity contribution >= 4 is 33.4 Å². The van der Waals surface area contributed by atoms with E-state index in [1.54, 1.807) is 36.3 Å². The average Bonchev–Trinajstić information content (AvgIpc) is 2.67. The van der Waals surface area contributed by atoms with Crippen LogP contribution in [-0.2, 0) is 11.2 Å². The highest BCUT2D eigenvalue weighted by Crippen LogP contribution is 2.26. The normalized spacial score (nSPS) is 10.4. The molecular weight excluding hydrogens is 408 g/mol. The number of carbonyl (C=O) groups excluding carboxylic acids is 2. The topological polar surface area (TPSA) is 58.6 Å². The van der Waals surface area contributed by atoms with Crippen LogP contribution in [0.25, 0.3) is 0 Å². The fraction of sp³-hybridized carbons (Fsp3) is 0.333. The van der Waals surface area contributed by atoms with E-state index < -0.39 is 0 Å². The van der Waals surface area contributed by atoms with Gasteiger partial charge in [-0.2, -0.15) is 0 Å². The number of nitrogens with one attached hydrogen (secondary N) is 1. The minimum Gasteiger partial charge on any atom is -0.496 e. The summed E-state index contributed by atoms with van der Waals surface area (Å²) < 4.78 is 6.08. The fourth-order valence-corrected chi connectivity index (χ4v) is 3.36. The van der Waals surface area contributed by atoms with Crippen LogP contribution in [0.5, 0.6) is 5.75 Å². The first-order chi connectivity index (χ1) is 13.0. The number of ether oxygens (including phenoxy) is 1. The lowest BCUT2D eigenvalue weighted by Gasteiger charge is -2.19. The van der Waals surface area contributed by atoms with Gasteiger partial charge >= 0.3 is 0 Å². The lowest BCUT2D eigenvalue weighted by atomic mass is 10.1. The molecule has 0 saturated heterocycles. The molecule has 0 aliphatic carbocycles. The monoisotopic (exact) mass is 432 g/mol. The molecule has 2 rings (SSSR count). The average molecular weight is 433 g/mol. The number of aryl methyl sites for hydroxylation is 1. The Bertz CT molecular complexity index is 804. The molecule has 1 N–H and O–H groups in total. The van der Waals surface area contributed by atoms with E-state index in [-0.39, 0.29) is 11.8 Å². The summed E-state index contributed by atoms with van der Waals surface area (Å²) in [6, 6.07) is 12.8. The Morgan fingerprint density at radius 2 is 1.85 bits per heavy atom. The smallest absolute Gasteiger partial charge is 0.253 e. The van der Waals surface area contributed by atoms with Gasteiger partial charge in [-0.15, -0.1) is 0 Å². The van der Waals surface area contributed by atoms with Gasteiger partial charge in [0.05, 0.1) is 11.6 Å². The van der Waals surface area contributed by atoms with Crippen molar-refractivity contribution in [3.8, 4) is 5.75 Å². The molecule has 2 amide bonds. The zero-order valence-corrected chi connectivity index (χ0v) is 17.5. The second kappa shape index (κ2) is 10.1. The van der Waals surface area contributed by atoms with Gasteiger partial charge in [-0.05, 0) is 72.1 Å². The fourth-order valence-electron chi connectivity index (χ4n) is 2.77. The lowest BCUT2D eigenvalue weighted by Crippen LogP contribution is -2.30. The maximum Gasteiger partial charge on any atom is 0.253 e. The number of benzene rings is 2. The Balaban J connectivity index is 1.97. The second-order valence-electron chi connectivity index (χ2n) is 6.08. The largest absolute Gasteiger partial charge is 0.496 e. The van der Waals surface area contributed by atoms with Gasteiger partial charge < -0.3 is 15.0 Å². The molecule has 0 radical (unpaired) electrons. The molecule has 5 nitrogen and oxygen atoms in total. The minimum absolute atomic E-state index is 0.0285. The molecule has 0 saturated carbocycles. The Labute approximate surface area is 168 Å². The van der Waals surface area contributed by atoms with Crippen LogP contribution in [0.15, 0.2) is 46.9 Å². The first kappa shape index (κ1) is 21.0. The third-order valence-corrected chi connectivity index (χ3v) is 4.92. The first-order valence-electron chi connectivity index (χ1n) is 9.00. The van der Waals surface area contributed by atoms with E-state index in [4.69, 9.17) is 4.74 Å². The quantitative estimate of drug-likeness (QED) is 0.667.